The predicted molar refractivity (Wildman–Crippen MR) is 62.8 cm³/mol. The molecule has 19 heavy (non-hydrogen) atoms. The van der Waals surface area contributed by atoms with Crippen molar-refractivity contribution >= 4 is 18.0 Å². The highest BCUT2D eigenvalue weighted by Crippen LogP contribution is 2.26. The van der Waals surface area contributed by atoms with Gasteiger partial charge in [0.05, 0.1) is 7.85 Å². The summed E-state index contributed by atoms with van der Waals surface area (Å²) in [4.78, 5) is 0. The summed E-state index contributed by atoms with van der Waals surface area (Å²) in [6.45, 7) is 0. The Balaban J connectivity index is 2.88. The van der Waals surface area contributed by atoms with Crippen LogP contribution in [0.15, 0.2) is 24.3 Å². The molecule has 0 amide bonds. The lowest BCUT2D eigenvalue weighted by Crippen LogP contribution is -2.40. The fraction of sp³-hybridized carbons (Fsp3) is 0.400. The van der Waals surface area contributed by atoms with E-state index >= 15 is 0 Å². The Morgan fingerprint density at radius 1 is 1.26 bits per heavy atom. The molecule has 0 saturated carbocycles. The SMILES string of the molecule is [B]Cc1ccc(OC(CS(=O)(=O)O)C(F)(F)F)cc1. The minimum absolute atomic E-state index is 0.164. The molecular weight excluding hydrogens is 284 g/mol. The summed E-state index contributed by atoms with van der Waals surface area (Å²) in [5.74, 6) is -1.72. The summed E-state index contributed by atoms with van der Waals surface area (Å²) in [5, 5.41) is 0. The van der Waals surface area contributed by atoms with E-state index in [9.17, 15) is 21.6 Å². The Morgan fingerprint density at radius 2 is 1.79 bits per heavy atom. The Bertz CT molecular complexity index is 513. The van der Waals surface area contributed by atoms with E-state index in [2.05, 4.69) is 4.74 Å². The van der Waals surface area contributed by atoms with Crippen LogP contribution in [0.2, 0.25) is 0 Å². The fourth-order valence-corrected chi connectivity index (χ4v) is 1.89. The maximum Gasteiger partial charge on any atom is 0.426 e. The lowest BCUT2D eigenvalue weighted by Gasteiger charge is -2.20. The van der Waals surface area contributed by atoms with Gasteiger partial charge in [-0.15, -0.1) is 0 Å². The molecule has 1 N–H and O–H groups in total. The zero-order valence-electron chi connectivity index (χ0n) is 9.59. The summed E-state index contributed by atoms with van der Waals surface area (Å²) in [6, 6.07) is 5.39. The molecule has 1 aromatic carbocycles. The van der Waals surface area contributed by atoms with Gasteiger partial charge in [0.15, 0.2) is 0 Å². The first-order valence-electron chi connectivity index (χ1n) is 5.09. The van der Waals surface area contributed by atoms with Gasteiger partial charge in [-0.25, -0.2) is 0 Å². The molecule has 0 aromatic heterocycles. The number of halogens is 3. The molecule has 1 unspecified atom stereocenters. The first-order chi connectivity index (χ1) is 8.62. The summed E-state index contributed by atoms with van der Waals surface area (Å²) in [6.07, 6.45) is -7.33. The second kappa shape index (κ2) is 5.83. The molecule has 0 heterocycles. The van der Waals surface area contributed by atoms with Gasteiger partial charge < -0.3 is 4.74 Å². The van der Waals surface area contributed by atoms with Crippen LogP contribution < -0.4 is 4.74 Å². The normalized spacial score (nSPS) is 14.1. The van der Waals surface area contributed by atoms with E-state index < -0.39 is 28.2 Å². The van der Waals surface area contributed by atoms with Crippen LogP contribution in [0.25, 0.3) is 0 Å². The van der Waals surface area contributed by atoms with Crippen molar-refractivity contribution in [1.29, 1.82) is 0 Å². The highest BCUT2D eigenvalue weighted by Gasteiger charge is 2.44. The minimum Gasteiger partial charge on any atom is -0.480 e. The van der Waals surface area contributed by atoms with E-state index in [4.69, 9.17) is 12.4 Å². The van der Waals surface area contributed by atoms with Crippen molar-refractivity contribution in [1.82, 2.24) is 0 Å². The van der Waals surface area contributed by atoms with Crippen LogP contribution in [-0.4, -0.2) is 38.8 Å². The van der Waals surface area contributed by atoms with Gasteiger partial charge in [0.1, 0.15) is 11.5 Å². The van der Waals surface area contributed by atoms with Crippen LogP contribution >= 0.6 is 0 Å². The van der Waals surface area contributed by atoms with Crippen molar-refractivity contribution in [2.75, 3.05) is 5.75 Å². The maximum atomic E-state index is 12.6. The van der Waals surface area contributed by atoms with E-state index in [1.165, 1.54) is 24.3 Å². The quantitative estimate of drug-likeness (QED) is 0.661. The van der Waals surface area contributed by atoms with Crippen LogP contribution in [0, 0.1) is 0 Å². The van der Waals surface area contributed by atoms with Crippen LogP contribution in [0.3, 0.4) is 0 Å². The largest absolute Gasteiger partial charge is 0.480 e. The molecule has 0 fully saturated rings. The standard InChI is InChI=1S/C10H10BF3O4S/c11-5-7-1-3-8(4-2-7)18-9(10(12,13)14)6-19(15,16)17/h1-4,9H,5-6H2,(H,15,16,17). The van der Waals surface area contributed by atoms with Crippen LogP contribution in [0.4, 0.5) is 13.2 Å². The lowest BCUT2D eigenvalue weighted by molar-refractivity contribution is -0.188. The third-order valence-electron chi connectivity index (χ3n) is 2.16. The Kier molecular flexibility index (Phi) is 4.86. The summed E-state index contributed by atoms with van der Waals surface area (Å²) < 4.78 is 71.8. The van der Waals surface area contributed by atoms with Gasteiger partial charge in [-0.2, -0.15) is 21.6 Å². The number of benzene rings is 1. The Hall–Kier alpha value is -1.22. The molecule has 1 aromatic rings. The predicted octanol–water partition coefficient (Wildman–Crippen LogP) is 1.55. The zero-order valence-corrected chi connectivity index (χ0v) is 10.4. The molecule has 0 spiro atoms. The van der Waals surface area contributed by atoms with Gasteiger partial charge in [0, 0.05) is 0 Å². The maximum absolute atomic E-state index is 12.6. The molecule has 1 rings (SSSR count). The van der Waals surface area contributed by atoms with E-state index in [-0.39, 0.29) is 12.1 Å². The fourth-order valence-electron chi connectivity index (χ4n) is 1.25. The van der Waals surface area contributed by atoms with Crippen molar-refractivity contribution in [2.45, 2.75) is 18.6 Å². The van der Waals surface area contributed by atoms with E-state index in [0.717, 1.165) is 0 Å². The number of alkyl halides is 3. The smallest absolute Gasteiger partial charge is 0.426 e. The van der Waals surface area contributed by atoms with E-state index in [0.29, 0.717) is 5.56 Å². The zero-order chi connectivity index (χ0) is 14.7. The second-order valence-electron chi connectivity index (χ2n) is 3.74. The van der Waals surface area contributed by atoms with Crippen LogP contribution in [0.1, 0.15) is 5.56 Å². The monoisotopic (exact) mass is 294 g/mol. The average Bonchev–Trinajstić information content (AvgIpc) is 2.26. The molecule has 4 nitrogen and oxygen atoms in total. The highest BCUT2D eigenvalue weighted by atomic mass is 32.2. The lowest BCUT2D eigenvalue weighted by atomic mass is 9.97. The molecule has 2 radical (unpaired) electrons. The van der Waals surface area contributed by atoms with Gasteiger partial charge in [-0.3, -0.25) is 4.55 Å². The van der Waals surface area contributed by atoms with Gasteiger partial charge >= 0.3 is 6.18 Å². The molecule has 9 heteroatoms. The van der Waals surface area contributed by atoms with E-state index in [1.807, 2.05) is 0 Å². The van der Waals surface area contributed by atoms with Gasteiger partial charge in [-0.05, 0) is 12.1 Å². The van der Waals surface area contributed by atoms with Crippen molar-refractivity contribution in [2.24, 2.45) is 0 Å². The summed E-state index contributed by atoms with van der Waals surface area (Å²) in [5.41, 5.74) is 0.686. The molecule has 0 saturated heterocycles. The molecule has 0 aliphatic carbocycles. The minimum atomic E-state index is -4.91. The second-order valence-corrected chi connectivity index (χ2v) is 5.24. The first kappa shape index (κ1) is 15.8. The Labute approximate surface area is 109 Å². The molecule has 0 bridgehead atoms. The highest BCUT2D eigenvalue weighted by molar-refractivity contribution is 7.85. The van der Waals surface area contributed by atoms with Crippen LogP contribution in [0.5, 0.6) is 5.75 Å². The third kappa shape index (κ3) is 5.52. The van der Waals surface area contributed by atoms with Gasteiger partial charge in [0.2, 0.25) is 6.10 Å². The number of hydrogen-bond donors (Lipinski definition) is 1. The van der Waals surface area contributed by atoms with E-state index in [1.54, 1.807) is 0 Å². The van der Waals surface area contributed by atoms with Gasteiger partial charge in [0.25, 0.3) is 10.1 Å². The van der Waals surface area contributed by atoms with Gasteiger partial charge in [-0.1, -0.05) is 24.0 Å². The van der Waals surface area contributed by atoms with Crippen molar-refractivity contribution in [3.8, 4) is 5.75 Å². The number of ether oxygens (including phenoxy) is 1. The van der Waals surface area contributed by atoms with Crippen LogP contribution in [-0.2, 0) is 16.4 Å². The van der Waals surface area contributed by atoms with Crippen molar-refractivity contribution < 1.29 is 30.9 Å². The Morgan fingerprint density at radius 3 is 2.16 bits per heavy atom. The molecule has 104 valence electrons. The van der Waals surface area contributed by atoms with Crippen molar-refractivity contribution in [3.63, 3.8) is 0 Å². The summed E-state index contributed by atoms with van der Waals surface area (Å²) in [7, 11) is 0.516. The van der Waals surface area contributed by atoms with Crippen molar-refractivity contribution in [3.05, 3.63) is 29.8 Å². The molecule has 0 aliphatic rings. The number of rotatable bonds is 5. The molecule has 1 atom stereocenters. The first-order valence-corrected chi connectivity index (χ1v) is 6.70. The molecular formula is C10H10BF3O4S. The molecule has 0 aliphatic heterocycles. The third-order valence-corrected chi connectivity index (χ3v) is 2.89. The topological polar surface area (TPSA) is 63.6 Å². The number of hydrogen-bond acceptors (Lipinski definition) is 3. The summed E-state index contributed by atoms with van der Waals surface area (Å²) >= 11 is 0. The average molecular weight is 294 g/mol.